The van der Waals surface area contributed by atoms with Crippen molar-refractivity contribution < 1.29 is 0 Å². The second-order valence-electron chi connectivity index (χ2n) is 4.59. The van der Waals surface area contributed by atoms with Crippen molar-refractivity contribution in [3.8, 4) is 17.3 Å². The van der Waals surface area contributed by atoms with Crippen LogP contribution in [-0.4, -0.2) is 9.97 Å². The molecule has 0 radical (unpaired) electrons. The Kier molecular flexibility index (Phi) is 3.99. The number of rotatable bonds is 3. The summed E-state index contributed by atoms with van der Waals surface area (Å²) in [6.45, 7) is 0. The Morgan fingerprint density at radius 2 is 1.86 bits per heavy atom. The van der Waals surface area contributed by atoms with Gasteiger partial charge in [0.2, 0.25) is 5.95 Å². The second kappa shape index (κ2) is 6.25. The standard InChI is InChI=1S/C17H11ClN4/c18-14-4-6-15(7-5-14)21-17-20-9-8-16(22-17)13-3-1-2-12(10-13)11-19/h1-10H,(H,20,21,22). The van der Waals surface area contributed by atoms with Crippen molar-refractivity contribution in [3.63, 3.8) is 0 Å². The molecule has 22 heavy (non-hydrogen) atoms. The van der Waals surface area contributed by atoms with Gasteiger partial charge in [-0.05, 0) is 42.5 Å². The zero-order chi connectivity index (χ0) is 15.4. The van der Waals surface area contributed by atoms with Gasteiger partial charge in [-0.25, -0.2) is 9.97 Å². The number of nitrogens with one attached hydrogen (secondary N) is 1. The van der Waals surface area contributed by atoms with E-state index in [4.69, 9.17) is 16.9 Å². The molecule has 0 aliphatic heterocycles. The lowest BCUT2D eigenvalue weighted by atomic mass is 10.1. The molecular formula is C17H11ClN4. The molecule has 0 amide bonds. The third-order valence-electron chi connectivity index (χ3n) is 3.04. The summed E-state index contributed by atoms with van der Waals surface area (Å²) in [6.07, 6.45) is 1.68. The fraction of sp³-hybridized carbons (Fsp3) is 0. The van der Waals surface area contributed by atoms with Crippen LogP contribution < -0.4 is 5.32 Å². The van der Waals surface area contributed by atoms with E-state index in [1.54, 1.807) is 30.5 Å². The van der Waals surface area contributed by atoms with Gasteiger partial charge in [0.05, 0.1) is 17.3 Å². The van der Waals surface area contributed by atoms with Crippen LogP contribution in [0.4, 0.5) is 11.6 Å². The summed E-state index contributed by atoms with van der Waals surface area (Å²) >= 11 is 5.86. The fourth-order valence-electron chi connectivity index (χ4n) is 1.99. The molecule has 2 aromatic carbocycles. The molecular weight excluding hydrogens is 296 g/mol. The van der Waals surface area contributed by atoms with E-state index in [-0.39, 0.29) is 0 Å². The molecule has 1 aromatic heterocycles. The molecule has 1 heterocycles. The van der Waals surface area contributed by atoms with Gasteiger partial charge in [0.15, 0.2) is 0 Å². The van der Waals surface area contributed by atoms with Crippen LogP contribution in [0.3, 0.4) is 0 Å². The number of nitrogens with zero attached hydrogens (tertiary/aromatic N) is 3. The van der Waals surface area contributed by atoms with Gasteiger partial charge in [-0.2, -0.15) is 5.26 Å². The Morgan fingerprint density at radius 3 is 2.64 bits per heavy atom. The average molecular weight is 307 g/mol. The number of anilines is 2. The largest absolute Gasteiger partial charge is 0.324 e. The Morgan fingerprint density at radius 1 is 1.05 bits per heavy atom. The van der Waals surface area contributed by atoms with Crippen molar-refractivity contribution in [1.82, 2.24) is 9.97 Å². The van der Waals surface area contributed by atoms with Gasteiger partial charge in [-0.1, -0.05) is 23.7 Å². The van der Waals surface area contributed by atoms with Gasteiger partial charge in [0.25, 0.3) is 0 Å². The zero-order valence-corrected chi connectivity index (χ0v) is 12.2. The van der Waals surface area contributed by atoms with Gasteiger partial charge >= 0.3 is 0 Å². The Hall–Kier alpha value is -2.90. The van der Waals surface area contributed by atoms with E-state index >= 15 is 0 Å². The fourth-order valence-corrected chi connectivity index (χ4v) is 2.12. The van der Waals surface area contributed by atoms with Gasteiger partial charge in [0, 0.05) is 22.5 Å². The highest BCUT2D eigenvalue weighted by Crippen LogP contribution is 2.21. The van der Waals surface area contributed by atoms with Gasteiger partial charge in [-0.15, -0.1) is 0 Å². The maximum Gasteiger partial charge on any atom is 0.227 e. The van der Waals surface area contributed by atoms with Crippen molar-refractivity contribution in [2.75, 3.05) is 5.32 Å². The molecule has 106 valence electrons. The summed E-state index contributed by atoms with van der Waals surface area (Å²) in [5, 5.41) is 12.8. The molecule has 1 N–H and O–H groups in total. The number of hydrogen-bond donors (Lipinski definition) is 1. The minimum Gasteiger partial charge on any atom is -0.324 e. The van der Waals surface area contributed by atoms with Gasteiger partial charge in [-0.3, -0.25) is 0 Å². The molecule has 0 aliphatic rings. The van der Waals surface area contributed by atoms with Gasteiger partial charge < -0.3 is 5.32 Å². The SMILES string of the molecule is N#Cc1cccc(-c2ccnc(Nc3ccc(Cl)cc3)n2)c1. The monoisotopic (exact) mass is 306 g/mol. The maximum absolute atomic E-state index is 8.97. The highest BCUT2D eigenvalue weighted by Gasteiger charge is 2.04. The van der Waals surface area contributed by atoms with Crippen LogP contribution >= 0.6 is 11.6 Å². The molecule has 0 saturated heterocycles. The molecule has 0 saturated carbocycles. The lowest BCUT2D eigenvalue weighted by Crippen LogP contribution is -1.97. The van der Waals surface area contributed by atoms with E-state index in [1.165, 1.54) is 0 Å². The predicted octanol–water partition coefficient (Wildman–Crippen LogP) is 4.41. The lowest BCUT2D eigenvalue weighted by molar-refractivity contribution is 1.17. The smallest absolute Gasteiger partial charge is 0.227 e. The van der Waals surface area contributed by atoms with Gasteiger partial charge in [0.1, 0.15) is 0 Å². The highest BCUT2D eigenvalue weighted by atomic mass is 35.5. The van der Waals surface area contributed by atoms with E-state index in [0.29, 0.717) is 16.5 Å². The van der Waals surface area contributed by atoms with Crippen molar-refractivity contribution in [2.24, 2.45) is 0 Å². The summed E-state index contributed by atoms with van der Waals surface area (Å²) in [5.41, 5.74) is 3.08. The number of benzene rings is 2. The van der Waals surface area contributed by atoms with E-state index < -0.39 is 0 Å². The first-order chi connectivity index (χ1) is 10.7. The summed E-state index contributed by atoms with van der Waals surface area (Å²) in [7, 11) is 0. The molecule has 4 nitrogen and oxygen atoms in total. The maximum atomic E-state index is 8.97. The summed E-state index contributed by atoms with van der Waals surface area (Å²) < 4.78 is 0. The number of aromatic nitrogens is 2. The minimum absolute atomic E-state index is 0.488. The molecule has 0 aliphatic carbocycles. The molecule has 0 bridgehead atoms. The Labute approximate surface area is 133 Å². The van der Waals surface area contributed by atoms with Crippen LogP contribution in [0.25, 0.3) is 11.3 Å². The van der Waals surface area contributed by atoms with Crippen LogP contribution in [0.1, 0.15) is 5.56 Å². The molecule has 0 unspecified atom stereocenters. The van der Waals surface area contributed by atoms with Crippen LogP contribution in [-0.2, 0) is 0 Å². The third-order valence-corrected chi connectivity index (χ3v) is 3.30. The first-order valence-electron chi connectivity index (χ1n) is 6.61. The quantitative estimate of drug-likeness (QED) is 0.778. The second-order valence-corrected chi connectivity index (χ2v) is 5.03. The van der Waals surface area contributed by atoms with E-state index in [1.807, 2.05) is 30.3 Å². The lowest BCUT2D eigenvalue weighted by Gasteiger charge is -2.07. The van der Waals surface area contributed by atoms with Crippen LogP contribution in [0.5, 0.6) is 0 Å². The summed E-state index contributed by atoms with van der Waals surface area (Å²) in [6, 6.07) is 18.5. The minimum atomic E-state index is 0.488. The van der Waals surface area contributed by atoms with E-state index in [9.17, 15) is 0 Å². The van der Waals surface area contributed by atoms with Crippen molar-refractivity contribution in [1.29, 1.82) is 5.26 Å². The Bertz CT molecular complexity index is 838. The first kappa shape index (κ1) is 14.1. The van der Waals surface area contributed by atoms with Crippen molar-refractivity contribution >= 4 is 23.2 Å². The predicted molar refractivity (Wildman–Crippen MR) is 86.9 cm³/mol. The van der Waals surface area contributed by atoms with Crippen molar-refractivity contribution in [3.05, 3.63) is 71.4 Å². The average Bonchev–Trinajstić information content (AvgIpc) is 2.57. The molecule has 0 atom stereocenters. The molecule has 0 fully saturated rings. The topological polar surface area (TPSA) is 61.6 Å². The number of hydrogen-bond acceptors (Lipinski definition) is 4. The molecule has 3 aromatic rings. The van der Waals surface area contributed by atoms with Crippen LogP contribution in [0.15, 0.2) is 60.8 Å². The number of nitriles is 1. The zero-order valence-electron chi connectivity index (χ0n) is 11.5. The molecule has 0 spiro atoms. The molecule has 3 rings (SSSR count). The summed E-state index contributed by atoms with van der Waals surface area (Å²) in [5.74, 6) is 0.488. The summed E-state index contributed by atoms with van der Waals surface area (Å²) in [4.78, 5) is 8.68. The van der Waals surface area contributed by atoms with E-state index in [0.717, 1.165) is 16.9 Å². The number of halogens is 1. The van der Waals surface area contributed by atoms with Crippen molar-refractivity contribution in [2.45, 2.75) is 0 Å². The Balaban J connectivity index is 1.89. The normalized spacial score (nSPS) is 10.0. The first-order valence-corrected chi connectivity index (χ1v) is 6.98. The third kappa shape index (κ3) is 3.22. The highest BCUT2D eigenvalue weighted by molar-refractivity contribution is 6.30. The van der Waals surface area contributed by atoms with E-state index in [2.05, 4.69) is 21.4 Å². The van der Waals surface area contributed by atoms with Crippen LogP contribution in [0, 0.1) is 11.3 Å². The van der Waals surface area contributed by atoms with Crippen LogP contribution in [0.2, 0.25) is 5.02 Å². The molecule has 5 heteroatoms.